The molecule has 0 saturated carbocycles. The van der Waals surface area contributed by atoms with E-state index in [1.807, 2.05) is 54.6 Å². The maximum absolute atomic E-state index is 12.5. The van der Waals surface area contributed by atoms with Gasteiger partial charge in [0.15, 0.2) is 0 Å². The lowest BCUT2D eigenvalue weighted by molar-refractivity contribution is -0.118. The molecule has 1 amide bonds. The van der Waals surface area contributed by atoms with Crippen LogP contribution >= 0.6 is 23.4 Å². The summed E-state index contributed by atoms with van der Waals surface area (Å²) in [4.78, 5) is 19.4. The number of hydrogen-bond acceptors (Lipinski definition) is 6. The predicted molar refractivity (Wildman–Crippen MR) is 128 cm³/mol. The van der Waals surface area contributed by atoms with Crippen LogP contribution in [0.1, 0.15) is 17.3 Å². The van der Waals surface area contributed by atoms with E-state index < -0.39 is 0 Å². The molecule has 2 heterocycles. The van der Waals surface area contributed by atoms with E-state index in [4.69, 9.17) is 20.8 Å². The Kier molecular flexibility index (Phi) is 8.23. The first-order chi connectivity index (χ1) is 15.7. The normalized spacial score (nSPS) is 15.4. The van der Waals surface area contributed by atoms with Crippen molar-refractivity contribution in [3.05, 3.63) is 77.1 Å². The first-order valence-corrected chi connectivity index (χ1v) is 12.1. The highest BCUT2D eigenvalue weighted by Gasteiger charge is 2.23. The molecule has 1 aromatic heterocycles. The summed E-state index contributed by atoms with van der Waals surface area (Å²) < 4.78 is 11.1. The van der Waals surface area contributed by atoms with Crippen molar-refractivity contribution < 1.29 is 13.9 Å². The number of ether oxygens (including phenoxy) is 1. The average molecular weight is 472 g/mol. The zero-order valence-electron chi connectivity index (χ0n) is 17.7. The van der Waals surface area contributed by atoms with Crippen LogP contribution in [0.15, 0.2) is 65.3 Å². The molecular weight excluding hydrogens is 446 g/mol. The Hall–Kier alpha value is -2.32. The van der Waals surface area contributed by atoms with Gasteiger partial charge in [-0.05, 0) is 29.8 Å². The van der Waals surface area contributed by atoms with E-state index in [9.17, 15) is 4.79 Å². The Morgan fingerprint density at radius 2 is 1.88 bits per heavy atom. The molecule has 1 N–H and O–H groups in total. The topological polar surface area (TPSA) is 67.6 Å². The Morgan fingerprint density at radius 1 is 1.12 bits per heavy atom. The quantitative estimate of drug-likeness (QED) is 0.498. The number of carbonyl (C=O) groups excluding carboxylic acids is 1. The standard InChI is InChI=1S/C24H26ClN3O3S/c25-20-8-6-18(7-9-20)22(28-10-12-30-13-11-28)14-26-23(29)17-32-16-21-15-31-24(27-21)19-4-2-1-3-5-19/h1-9,15,22H,10-14,16-17H2,(H,26,29). The third kappa shape index (κ3) is 6.36. The lowest BCUT2D eigenvalue weighted by Crippen LogP contribution is -2.44. The SMILES string of the molecule is O=C(CSCc1coc(-c2ccccc2)n1)NCC(c1ccc(Cl)cc1)N1CCOCC1. The molecule has 1 aliphatic rings. The molecule has 0 radical (unpaired) electrons. The number of oxazole rings is 1. The number of carbonyl (C=O) groups is 1. The van der Waals surface area contributed by atoms with E-state index in [1.54, 1.807) is 6.26 Å². The van der Waals surface area contributed by atoms with E-state index in [-0.39, 0.29) is 11.9 Å². The molecule has 32 heavy (non-hydrogen) atoms. The van der Waals surface area contributed by atoms with E-state index >= 15 is 0 Å². The number of nitrogens with zero attached hydrogens (tertiary/aromatic N) is 2. The van der Waals surface area contributed by atoms with Crippen LogP contribution in [0.3, 0.4) is 0 Å². The van der Waals surface area contributed by atoms with Gasteiger partial charge in [0.2, 0.25) is 11.8 Å². The predicted octanol–water partition coefficient (Wildman–Crippen LogP) is 4.42. The number of benzene rings is 2. The molecule has 4 rings (SSSR count). The molecule has 0 spiro atoms. The minimum absolute atomic E-state index is 0.00833. The number of amides is 1. The number of hydrogen-bond donors (Lipinski definition) is 1. The van der Waals surface area contributed by atoms with Crippen LogP contribution in [0.4, 0.5) is 0 Å². The van der Waals surface area contributed by atoms with Crippen LogP contribution in [0.25, 0.3) is 11.5 Å². The molecule has 1 fully saturated rings. The molecule has 0 bridgehead atoms. The molecule has 6 nitrogen and oxygen atoms in total. The second kappa shape index (κ2) is 11.5. The molecule has 1 unspecified atom stereocenters. The minimum atomic E-state index is 0.00833. The van der Waals surface area contributed by atoms with E-state index in [2.05, 4.69) is 15.2 Å². The lowest BCUT2D eigenvalue weighted by Gasteiger charge is -2.35. The Balaban J connectivity index is 1.27. The van der Waals surface area contributed by atoms with Gasteiger partial charge in [-0.2, -0.15) is 0 Å². The van der Waals surface area contributed by atoms with Crippen molar-refractivity contribution in [3.8, 4) is 11.5 Å². The fraction of sp³-hybridized carbons (Fsp3) is 0.333. The highest BCUT2D eigenvalue weighted by molar-refractivity contribution is 7.99. The summed E-state index contributed by atoms with van der Waals surface area (Å²) in [5.41, 5.74) is 2.91. The van der Waals surface area contributed by atoms with Crippen molar-refractivity contribution in [2.24, 2.45) is 0 Å². The van der Waals surface area contributed by atoms with Gasteiger partial charge in [-0.1, -0.05) is 41.9 Å². The highest BCUT2D eigenvalue weighted by atomic mass is 35.5. The lowest BCUT2D eigenvalue weighted by atomic mass is 10.0. The molecule has 168 valence electrons. The minimum Gasteiger partial charge on any atom is -0.444 e. The monoisotopic (exact) mass is 471 g/mol. The number of morpholine rings is 1. The fourth-order valence-corrected chi connectivity index (χ4v) is 4.49. The van der Waals surface area contributed by atoms with Crippen molar-refractivity contribution in [2.45, 2.75) is 11.8 Å². The van der Waals surface area contributed by atoms with Gasteiger partial charge in [-0.25, -0.2) is 4.98 Å². The number of aromatic nitrogens is 1. The van der Waals surface area contributed by atoms with E-state index in [1.165, 1.54) is 11.8 Å². The number of halogens is 1. The molecule has 2 aromatic carbocycles. The Morgan fingerprint density at radius 3 is 2.62 bits per heavy atom. The van der Waals surface area contributed by atoms with Crippen LogP contribution in [-0.2, 0) is 15.3 Å². The highest BCUT2D eigenvalue weighted by Crippen LogP contribution is 2.23. The molecule has 1 saturated heterocycles. The maximum Gasteiger partial charge on any atom is 0.230 e. The van der Waals surface area contributed by atoms with Gasteiger partial charge in [0, 0.05) is 36.0 Å². The second-order valence-electron chi connectivity index (χ2n) is 7.52. The summed E-state index contributed by atoms with van der Waals surface area (Å²) >= 11 is 7.58. The largest absolute Gasteiger partial charge is 0.444 e. The van der Waals surface area contributed by atoms with Gasteiger partial charge in [-0.3, -0.25) is 9.69 Å². The van der Waals surface area contributed by atoms with Crippen molar-refractivity contribution in [3.63, 3.8) is 0 Å². The number of thioether (sulfide) groups is 1. The summed E-state index contributed by atoms with van der Waals surface area (Å²) in [7, 11) is 0. The summed E-state index contributed by atoms with van der Waals surface area (Å²) in [6.45, 7) is 3.64. The van der Waals surface area contributed by atoms with Crippen LogP contribution in [0.5, 0.6) is 0 Å². The van der Waals surface area contributed by atoms with E-state index in [0.29, 0.717) is 42.2 Å². The van der Waals surface area contributed by atoms with Crippen LogP contribution in [0, 0.1) is 0 Å². The molecule has 0 aliphatic carbocycles. The van der Waals surface area contributed by atoms with Gasteiger partial charge in [0.05, 0.1) is 30.7 Å². The van der Waals surface area contributed by atoms with Gasteiger partial charge in [0.25, 0.3) is 0 Å². The molecule has 1 aliphatic heterocycles. The van der Waals surface area contributed by atoms with Crippen molar-refractivity contribution in [1.29, 1.82) is 0 Å². The zero-order chi connectivity index (χ0) is 22.2. The van der Waals surface area contributed by atoms with Crippen LogP contribution < -0.4 is 5.32 Å². The summed E-state index contributed by atoms with van der Waals surface area (Å²) in [5, 5.41) is 3.80. The first kappa shape index (κ1) is 22.9. The van der Waals surface area contributed by atoms with E-state index in [0.717, 1.165) is 29.9 Å². The maximum atomic E-state index is 12.5. The van der Waals surface area contributed by atoms with Gasteiger partial charge in [0.1, 0.15) is 6.26 Å². The van der Waals surface area contributed by atoms with Crippen molar-refractivity contribution in [2.75, 3.05) is 38.6 Å². The molecule has 1 atom stereocenters. The summed E-state index contributed by atoms with van der Waals surface area (Å²) in [6, 6.07) is 17.7. The van der Waals surface area contributed by atoms with Gasteiger partial charge in [-0.15, -0.1) is 11.8 Å². The third-order valence-corrected chi connectivity index (χ3v) is 6.51. The van der Waals surface area contributed by atoms with Gasteiger partial charge >= 0.3 is 0 Å². The number of rotatable bonds is 9. The fourth-order valence-electron chi connectivity index (χ4n) is 3.63. The molecule has 8 heteroatoms. The Labute approximate surface area is 197 Å². The summed E-state index contributed by atoms with van der Waals surface area (Å²) in [6.07, 6.45) is 1.65. The number of nitrogens with one attached hydrogen (secondary N) is 1. The average Bonchev–Trinajstić information content (AvgIpc) is 3.31. The van der Waals surface area contributed by atoms with Crippen molar-refractivity contribution in [1.82, 2.24) is 15.2 Å². The van der Waals surface area contributed by atoms with Gasteiger partial charge < -0.3 is 14.5 Å². The van der Waals surface area contributed by atoms with Crippen molar-refractivity contribution >= 4 is 29.3 Å². The van der Waals surface area contributed by atoms with Crippen LogP contribution in [0.2, 0.25) is 5.02 Å². The van der Waals surface area contributed by atoms with Crippen LogP contribution in [-0.4, -0.2) is 54.4 Å². The molecular formula is C24H26ClN3O3S. The first-order valence-electron chi connectivity index (χ1n) is 10.6. The Bertz CT molecular complexity index is 991. The smallest absolute Gasteiger partial charge is 0.230 e. The second-order valence-corrected chi connectivity index (χ2v) is 8.94. The third-order valence-electron chi connectivity index (χ3n) is 5.29. The molecule has 3 aromatic rings. The summed E-state index contributed by atoms with van der Waals surface area (Å²) in [5.74, 6) is 1.59. The zero-order valence-corrected chi connectivity index (χ0v) is 19.3.